The molecule has 1 amide bonds. The third kappa shape index (κ3) is 4.46. The molecule has 4 aromatic rings. The summed E-state index contributed by atoms with van der Waals surface area (Å²) in [6.45, 7) is 4.19. The van der Waals surface area contributed by atoms with E-state index in [-0.39, 0.29) is 29.1 Å². The van der Waals surface area contributed by atoms with Crippen LogP contribution >= 0.6 is 11.8 Å². The van der Waals surface area contributed by atoms with Crippen molar-refractivity contribution in [2.75, 3.05) is 5.75 Å². The number of benzene rings is 3. The molecule has 7 heteroatoms. The molecule has 5 nitrogen and oxygen atoms in total. The summed E-state index contributed by atoms with van der Waals surface area (Å²) in [4.78, 5) is 30.2. The molecular weight excluding hydrogens is 413 g/mol. The smallest absolute Gasteiger partial charge is 0.262 e. The number of fused-ring (bicyclic) bond motifs is 2. The van der Waals surface area contributed by atoms with Crippen molar-refractivity contribution in [2.45, 2.75) is 31.6 Å². The van der Waals surface area contributed by atoms with Gasteiger partial charge in [0.2, 0.25) is 5.91 Å². The van der Waals surface area contributed by atoms with Gasteiger partial charge in [0.25, 0.3) is 5.56 Å². The Labute approximate surface area is 183 Å². The number of hydrogen-bond acceptors (Lipinski definition) is 4. The van der Waals surface area contributed by atoms with Gasteiger partial charge in [0.15, 0.2) is 5.16 Å². The maximum atomic E-state index is 13.1. The fourth-order valence-electron chi connectivity index (χ4n) is 3.52. The van der Waals surface area contributed by atoms with Crippen LogP contribution in [0.1, 0.15) is 25.5 Å². The lowest BCUT2D eigenvalue weighted by Crippen LogP contribution is -2.29. The van der Waals surface area contributed by atoms with Gasteiger partial charge < -0.3 is 5.32 Å². The third-order valence-corrected chi connectivity index (χ3v) is 6.16. The van der Waals surface area contributed by atoms with Crippen molar-refractivity contribution >= 4 is 39.3 Å². The summed E-state index contributed by atoms with van der Waals surface area (Å²) in [5.74, 6) is -0.375. The minimum Gasteiger partial charge on any atom is -0.349 e. The van der Waals surface area contributed by atoms with Gasteiger partial charge in [0, 0.05) is 6.54 Å². The third-order valence-electron chi connectivity index (χ3n) is 5.18. The average molecular weight is 436 g/mol. The standard InChI is InChI=1S/C24H22FN3O2S/c1-3-28-23(30)20-12-17-6-4-5-7-18(17)13-21(20)27-24(28)31-14-22(29)26-15(2)16-8-10-19(25)11-9-16/h4-13,15H,3,14H2,1-2H3,(H,26,29). The largest absolute Gasteiger partial charge is 0.349 e. The lowest BCUT2D eigenvalue weighted by atomic mass is 10.1. The number of nitrogens with zero attached hydrogens (tertiary/aromatic N) is 2. The number of carbonyl (C=O) groups is 1. The van der Waals surface area contributed by atoms with Crippen molar-refractivity contribution in [3.05, 3.63) is 82.4 Å². The van der Waals surface area contributed by atoms with E-state index in [2.05, 4.69) is 10.3 Å². The Morgan fingerprint density at radius 2 is 1.81 bits per heavy atom. The van der Waals surface area contributed by atoms with Crippen LogP contribution in [0.25, 0.3) is 21.7 Å². The molecule has 158 valence electrons. The molecule has 0 radical (unpaired) electrons. The molecule has 0 aliphatic carbocycles. The van der Waals surface area contributed by atoms with E-state index in [0.29, 0.717) is 22.6 Å². The molecule has 0 fully saturated rings. The molecule has 4 rings (SSSR count). The Balaban J connectivity index is 1.55. The maximum Gasteiger partial charge on any atom is 0.262 e. The molecule has 0 bridgehead atoms. The molecular formula is C24H22FN3O2S. The van der Waals surface area contributed by atoms with E-state index in [1.54, 1.807) is 16.7 Å². The first-order valence-corrected chi connectivity index (χ1v) is 11.1. The number of amides is 1. The van der Waals surface area contributed by atoms with Crippen LogP contribution in [0.5, 0.6) is 0 Å². The van der Waals surface area contributed by atoms with E-state index in [0.717, 1.165) is 16.3 Å². The van der Waals surface area contributed by atoms with Gasteiger partial charge in [-0.25, -0.2) is 9.37 Å². The number of nitrogens with one attached hydrogen (secondary N) is 1. The second kappa shape index (κ2) is 8.89. The number of carbonyl (C=O) groups excluding carboxylic acids is 1. The summed E-state index contributed by atoms with van der Waals surface area (Å²) in [6.07, 6.45) is 0. The van der Waals surface area contributed by atoms with E-state index in [9.17, 15) is 14.0 Å². The Morgan fingerprint density at radius 3 is 2.48 bits per heavy atom. The fourth-order valence-corrected chi connectivity index (χ4v) is 4.40. The van der Waals surface area contributed by atoms with Crippen molar-refractivity contribution in [1.82, 2.24) is 14.9 Å². The second-order valence-electron chi connectivity index (χ2n) is 7.29. The zero-order valence-electron chi connectivity index (χ0n) is 17.3. The summed E-state index contributed by atoms with van der Waals surface area (Å²) in [5.41, 5.74) is 1.33. The highest BCUT2D eigenvalue weighted by atomic mass is 32.2. The molecule has 0 spiro atoms. The fraction of sp³-hybridized carbons (Fsp3) is 0.208. The Morgan fingerprint density at radius 1 is 1.13 bits per heavy atom. The summed E-state index contributed by atoms with van der Waals surface area (Å²) in [6, 6.07) is 17.4. The Hall–Kier alpha value is -3.19. The van der Waals surface area contributed by atoms with Crippen LogP contribution in [0.4, 0.5) is 4.39 Å². The zero-order valence-corrected chi connectivity index (χ0v) is 18.1. The van der Waals surface area contributed by atoms with Crippen LogP contribution in [-0.2, 0) is 11.3 Å². The first-order valence-electron chi connectivity index (χ1n) is 10.1. The van der Waals surface area contributed by atoms with Crippen LogP contribution in [0.15, 0.2) is 70.6 Å². The predicted molar refractivity (Wildman–Crippen MR) is 123 cm³/mol. The van der Waals surface area contributed by atoms with Crippen molar-refractivity contribution in [3.8, 4) is 0 Å². The van der Waals surface area contributed by atoms with Gasteiger partial charge in [0.1, 0.15) is 5.82 Å². The van der Waals surface area contributed by atoms with Gasteiger partial charge in [-0.15, -0.1) is 0 Å². The van der Waals surface area contributed by atoms with Crippen LogP contribution in [0.3, 0.4) is 0 Å². The molecule has 1 N–H and O–H groups in total. The average Bonchev–Trinajstić information content (AvgIpc) is 2.77. The molecule has 1 aromatic heterocycles. The number of aromatic nitrogens is 2. The molecule has 1 heterocycles. The highest BCUT2D eigenvalue weighted by Gasteiger charge is 2.15. The van der Waals surface area contributed by atoms with Gasteiger partial charge in [-0.2, -0.15) is 0 Å². The molecule has 3 aromatic carbocycles. The number of halogens is 1. The van der Waals surface area contributed by atoms with E-state index < -0.39 is 0 Å². The Kier molecular flexibility index (Phi) is 6.04. The van der Waals surface area contributed by atoms with E-state index >= 15 is 0 Å². The van der Waals surface area contributed by atoms with Crippen LogP contribution in [0.2, 0.25) is 0 Å². The number of thioether (sulfide) groups is 1. The van der Waals surface area contributed by atoms with Crippen LogP contribution in [-0.4, -0.2) is 21.2 Å². The van der Waals surface area contributed by atoms with Gasteiger partial charge in [0.05, 0.1) is 22.7 Å². The highest BCUT2D eigenvalue weighted by molar-refractivity contribution is 7.99. The van der Waals surface area contributed by atoms with E-state index in [1.807, 2.05) is 50.2 Å². The van der Waals surface area contributed by atoms with Gasteiger partial charge >= 0.3 is 0 Å². The number of rotatable bonds is 6. The van der Waals surface area contributed by atoms with Gasteiger partial charge in [-0.05, 0) is 54.4 Å². The van der Waals surface area contributed by atoms with Gasteiger partial charge in [-0.1, -0.05) is 48.2 Å². The monoisotopic (exact) mass is 435 g/mol. The summed E-state index contributed by atoms with van der Waals surface area (Å²) in [5, 5.41) is 5.99. The molecule has 0 saturated carbocycles. The summed E-state index contributed by atoms with van der Waals surface area (Å²) < 4.78 is 14.7. The van der Waals surface area contributed by atoms with Crippen molar-refractivity contribution in [2.24, 2.45) is 0 Å². The van der Waals surface area contributed by atoms with Crippen molar-refractivity contribution < 1.29 is 9.18 Å². The minimum absolute atomic E-state index is 0.110. The normalized spacial score (nSPS) is 12.2. The first kappa shape index (κ1) is 21.1. The minimum atomic E-state index is -0.314. The second-order valence-corrected chi connectivity index (χ2v) is 8.23. The van der Waals surface area contributed by atoms with Crippen LogP contribution in [0, 0.1) is 5.82 Å². The molecule has 0 aliphatic heterocycles. The molecule has 1 unspecified atom stereocenters. The highest BCUT2D eigenvalue weighted by Crippen LogP contribution is 2.23. The van der Waals surface area contributed by atoms with Gasteiger partial charge in [-0.3, -0.25) is 14.2 Å². The van der Waals surface area contributed by atoms with Crippen molar-refractivity contribution in [1.29, 1.82) is 0 Å². The lowest BCUT2D eigenvalue weighted by Gasteiger charge is -2.15. The molecule has 0 saturated heterocycles. The van der Waals surface area contributed by atoms with E-state index in [4.69, 9.17) is 0 Å². The zero-order chi connectivity index (χ0) is 22.0. The SMILES string of the molecule is CCn1c(SCC(=O)NC(C)c2ccc(F)cc2)nc2cc3ccccc3cc2c1=O. The van der Waals surface area contributed by atoms with Crippen LogP contribution < -0.4 is 10.9 Å². The molecule has 31 heavy (non-hydrogen) atoms. The number of hydrogen-bond donors (Lipinski definition) is 1. The summed E-state index contributed by atoms with van der Waals surface area (Å²) in [7, 11) is 0. The maximum absolute atomic E-state index is 13.1. The quantitative estimate of drug-likeness (QED) is 0.271. The van der Waals surface area contributed by atoms with E-state index in [1.165, 1.54) is 23.9 Å². The lowest BCUT2D eigenvalue weighted by molar-refractivity contribution is -0.119. The first-order chi connectivity index (χ1) is 15.0. The predicted octanol–water partition coefficient (Wildman–Crippen LogP) is 4.68. The molecule has 0 aliphatic rings. The topological polar surface area (TPSA) is 64.0 Å². The summed E-state index contributed by atoms with van der Waals surface area (Å²) >= 11 is 1.23. The Bertz CT molecular complexity index is 1320. The molecule has 1 atom stereocenters. The van der Waals surface area contributed by atoms with Crippen molar-refractivity contribution in [3.63, 3.8) is 0 Å².